The molecule has 0 saturated carbocycles. The number of halogens is 4. The average Bonchev–Trinajstić information content (AvgIpc) is 2.38. The predicted octanol–water partition coefficient (Wildman–Crippen LogP) is 3.78. The second-order valence-electron chi connectivity index (χ2n) is 4.76. The van der Waals surface area contributed by atoms with E-state index in [2.05, 4.69) is 21.2 Å². The summed E-state index contributed by atoms with van der Waals surface area (Å²) in [6, 6.07) is 3.56. The minimum absolute atomic E-state index is 0.0694. The van der Waals surface area contributed by atoms with Crippen LogP contribution in [0.3, 0.4) is 0 Å². The highest BCUT2D eigenvalue weighted by Crippen LogP contribution is 2.36. The lowest BCUT2D eigenvalue weighted by molar-refractivity contribution is -0.138. The van der Waals surface area contributed by atoms with Gasteiger partial charge in [-0.2, -0.15) is 13.2 Å². The Morgan fingerprint density at radius 2 is 2.00 bits per heavy atom. The van der Waals surface area contributed by atoms with Gasteiger partial charge in [0.2, 0.25) is 5.91 Å². The maximum absolute atomic E-state index is 12.8. The van der Waals surface area contributed by atoms with Crippen LogP contribution in [-0.2, 0) is 11.0 Å². The molecule has 3 nitrogen and oxygen atoms in total. The zero-order valence-corrected chi connectivity index (χ0v) is 12.7. The number of amides is 1. The molecule has 1 atom stereocenters. The van der Waals surface area contributed by atoms with E-state index in [1.807, 2.05) is 0 Å². The number of anilines is 1. The third-order valence-corrected chi connectivity index (χ3v) is 4.00. The molecule has 20 heavy (non-hydrogen) atoms. The first-order chi connectivity index (χ1) is 9.14. The summed E-state index contributed by atoms with van der Waals surface area (Å²) in [5.74, 6) is -0.391. The minimum atomic E-state index is -4.48. The topological polar surface area (TPSA) is 55.1 Å². The molecule has 0 aliphatic rings. The Hall–Kier alpha value is -1.08. The molecule has 0 radical (unpaired) electrons. The number of benzene rings is 1. The Morgan fingerprint density at radius 3 is 2.45 bits per heavy atom. The van der Waals surface area contributed by atoms with E-state index >= 15 is 0 Å². The Labute approximate surface area is 123 Å². The number of alkyl halides is 3. The molecule has 0 aliphatic heterocycles. The van der Waals surface area contributed by atoms with E-state index in [9.17, 15) is 18.0 Å². The third kappa shape index (κ3) is 3.73. The fourth-order valence-corrected chi connectivity index (χ4v) is 1.97. The van der Waals surface area contributed by atoms with E-state index in [0.717, 1.165) is 6.07 Å². The lowest BCUT2D eigenvalue weighted by atomic mass is 9.86. The van der Waals surface area contributed by atoms with Gasteiger partial charge in [0.25, 0.3) is 0 Å². The van der Waals surface area contributed by atoms with Gasteiger partial charge in [-0.15, -0.1) is 0 Å². The molecule has 1 rings (SSSR count). The molecule has 0 saturated heterocycles. The summed E-state index contributed by atoms with van der Waals surface area (Å²) in [6.45, 7) is 3.60. The Kier molecular flexibility index (Phi) is 5.21. The van der Waals surface area contributed by atoms with Gasteiger partial charge in [-0.1, -0.05) is 22.9 Å². The van der Waals surface area contributed by atoms with Crippen LogP contribution in [-0.4, -0.2) is 12.5 Å². The number of nitrogens with two attached hydrogens (primary N) is 1. The molecule has 3 N–H and O–H groups in total. The van der Waals surface area contributed by atoms with Gasteiger partial charge in [0.1, 0.15) is 0 Å². The summed E-state index contributed by atoms with van der Waals surface area (Å²) in [6.07, 6.45) is -3.99. The number of hydrogen-bond acceptors (Lipinski definition) is 2. The van der Waals surface area contributed by atoms with E-state index in [1.165, 1.54) is 12.1 Å². The second-order valence-corrected chi connectivity index (χ2v) is 5.62. The van der Waals surface area contributed by atoms with Crippen LogP contribution in [0.1, 0.15) is 25.8 Å². The minimum Gasteiger partial charge on any atom is -0.329 e. The Balaban J connectivity index is 3.03. The van der Waals surface area contributed by atoms with Crippen molar-refractivity contribution in [1.82, 2.24) is 0 Å². The molecular formula is C13H16BrF3N2O. The van der Waals surface area contributed by atoms with Crippen molar-refractivity contribution in [2.24, 2.45) is 11.1 Å². The maximum Gasteiger partial charge on any atom is 0.417 e. The Bertz CT molecular complexity index is 499. The number of hydrogen-bond donors (Lipinski definition) is 2. The first-order valence-electron chi connectivity index (χ1n) is 6.02. The van der Waals surface area contributed by atoms with Crippen molar-refractivity contribution < 1.29 is 18.0 Å². The van der Waals surface area contributed by atoms with E-state index < -0.39 is 23.1 Å². The lowest BCUT2D eigenvalue weighted by Gasteiger charge is -2.25. The smallest absolute Gasteiger partial charge is 0.329 e. The van der Waals surface area contributed by atoms with Gasteiger partial charge in [-0.05, 0) is 31.5 Å². The molecular weight excluding hydrogens is 337 g/mol. The van der Waals surface area contributed by atoms with Crippen molar-refractivity contribution in [2.75, 3.05) is 11.9 Å². The van der Waals surface area contributed by atoms with Crippen molar-refractivity contribution in [1.29, 1.82) is 0 Å². The summed E-state index contributed by atoms with van der Waals surface area (Å²) in [5, 5.41) is 2.48. The normalized spacial score (nSPS) is 14.8. The lowest BCUT2D eigenvalue weighted by Crippen LogP contribution is -2.39. The van der Waals surface area contributed by atoms with Crippen LogP contribution >= 0.6 is 15.9 Å². The predicted molar refractivity (Wildman–Crippen MR) is 75.2 cm³/mol. The first-order valence-corrected chi connectivity index (χ1v) is 6.81. The summed E-state index contributed by atoms with van der Waals surface area (Å²) in [5.41, 5.74) is 4.01. The van der Waals surface area contributed by atoms with E-state index in [4.69, 9.17) is 5.73 Å². The standard InChI is InChI=1S/C13H16BrF3N2O/c1-3-12(2,7-18)11(20)19-8-4-5-10(14)9(6-8)13(15,16)17/h4-6H,3,7,18H2,1-2H3,(H,19,20). The number of nitrogens with one attached hydrogen (secondary N) is 1. The molecule has 1 amide bonds. The summed E-state index contributed by atoms with van der Waals surface area (Å²) in [4.78, 5) is 12.1. The van der Waals surface area contributed by atoms with Gasteiger partial charge >= 0.3 is 6.18 Å². The fraction of sp³-hybridized carbons (Fsp3) is 0.462. The number of carbonyl (C=O) groups excluding carboxylic acids is 1. The second kappa shape index (κ2) is 6.13. The molecule has 0 aliphatic carbocycles. The highest BCUT2D eigenvalue weighted by atomic mass is 79.9. The first kappa shape index (κ1) is 17.0. The van der Waals surface area contributed by atoms with Crippen LogP contribution in [0, 0.1) is 5.41 Å². The SMILES string of the molecule is CCC(C)(CN)C(=O)Nc1ccc(Br)c(C(F)(F)F)c1. The summed E-state index contributed by atoms with van der Waals surface area (Å²) in [7, 11) is 0. The number of rotatable bonds is 4. The summed E-state index contributed by atoms with van der Waals surface area (Å²) >= 11 is 2.85. The van der Waals surface area contributed by atoms with E-state index in [-0.39, 0.29) is 16.7 Å². The largest absolute Gasteiger partial charge is 0.417 e. The highest BCUT2D eigenvalue weighted by molar-refractivity contribution is 9.10. The van der Waals surface area contributed by atoms with E-state index in [1.54, 1.807) is 13.8 Å². The average molecular weight is 353 g/mol. The van der Waals surface area contributed by atoms with Crippen molar-refractivity contribution in [3.63, 3.8) is 0 Å². The van der Waals surface area contributed by atoms with Gasteiger partial charge < -0.3 is 11.1 Å². The van der Waals surface area contributed by atoms with Crippen LogP contribution < -0.4 is 11.1 Å². The summed E-state index contributed by atoms with van der Waals surface area (Å²) < 4.78 is 38.2. The van der Waals surface area contributed by atoms with Crippen LogP contribution in [0.15, 0.2) is 22.7 Å². The van der Waals surface area contributed by atoms with Gasteiger partial charge in [0.15, 0.2) is 0 Å². The van der Waals surface area contributed by atoms with Crippen LogP contribution in [0.4, 0.5) is 18.9 Å². The quantitative estimate of drug-likeness (QED) is 0.866. The van der Waals surface area contributed by atoms with Crippen LogP contribution in [0.5, 0.6) is 0 Å². The molecule has 7 heteroatoms. The van der Waals surface area contributed by atoms with Crippen molar-refractivity contribution in [3.8, 4) is 0 Å². The van der Waals surface area contributed by atoms with Gasteiger partial charge in [-0.25, -0.2) is 0 Å². The molecule has 0 heterocycles. The molecule has 112 valence electrons. The highest BCUT2D eigenvalue weighted by Gasteiger charge is 2.34. The van der Waals surface area contributed by atoms with Crippen molar-refractivity contribution in [3.05, 3.63) is 28.2 Å². The van der Waals surface area contributed by atoms with E-state index in [0.29, 0.717) is 6.42 Å². The molecule has 0 bridgehead atoms. The molecule has 1 aromatic rings. The molecule has 1 unspecified atom stereocenters. The monoisotopic (exact) mass is 352 g/mol. The maximum atomic E-state index is 12.8. The van der Waals surface area contributed by atoms with Crippen LogP contribution in [0.25, 0.3) is 0 Å². The molecule has 0 spiro atoms. The molecule has 0 fully saturated rings. The zero-order valence-electron chi connectivity index (χ0n) is 11.1. The fourth-order valence-electron chi connectivity index (χ4n) is 1.50. The molecule has 1 aromatic carbocycles. The van der Waals surface area contributed by atoms with Crippen molar-refractivity contribution >= 4 is 27.5 Å². The third-order valence-electron chi connectivity index (χ3n) is 3.31. The van der Waals surface area contributed by atoms with Gasteiger partial charge in [-0.3, -0.25) is 4.79 Å². The molecule has 0 aromatic heterocycles. The van der Waals surface area contributed by atoms with Crippen LogP contribution in [0.2, 0.25) is 0 Å². The van der Waals surface area contributed by atoms with Crippen molar-refractivity contribution in [2.45, 2.75) is 26.4 Å². The number of carbonyl (C=O) groups is 1. The zero-order chi connectivity index (χ0) is 15.6. The van der Waals surface area contributed by atoms with Gasteiger partial charge in [0, 0.05) is 16.7 Å². The Morgan fingerprint density at radius 1 is 1.40 bits per heavy atom. The van der Waals surface area contributed by atoms with Gasteiger partial charge in [0.05, 0.1) is 11.0 Å².